The molecule has 6 nitrogen and oxygen atoms in total. The molecule has 1 aliphatic rings. The summed E-state index contributed by atoms with van der Waals surface area (Å²) in [6.45, 7) is 2.01. The standard InChI is InChI=1S/C19H21Cl2N3O.C2HF3O2/c20-17-5-4-16(11-18(17)21)23-19(25)24-8-6-14(7-9-24)15-3-1-2-13(10-15)12-22;3-2(4,5)1(6)7/h1-5,10-11,14H,6-9,12,22H2,(H,23,25);(H,6,7). The van der Waals surface area contributed by atoms with Gasteiger partial charge < -0.3 is 21.1 Å². The van der Waals surface area contributed by atoms with E-state index in [1.807, 2.05) is 11.0 Å². The fourth-order valence-electron chi connectivity index (χ4n) is 3.17. The largest absolute Gasteiger partial charge is 0.490 e. The number of rotatable bonds is 3. The molecular weight excluding hydrogens is 470 g/mol. The van der Waals surface area contributed by atoms with Crippen molar-refractivity contribution in [1.82, 2.24) is 4.90 Å². The van der Waals surface area contributed by atoms with Gasteiger partial charge in [-0.05, 0) is 48.1 Å². The number of likely N-dealkylation sites (tertiary alicyclic amines) is 1. The highest BCUT2D eigenvalue weighted by Gasteiger charge is 2.38. The number of carboxylic acids is 1. The van der Waals surface area contributed by atoms with Crippen LogP contribution in [0.2, 0.25) is 10.0 Å². The molecule has 1 saturated heterocycles. The number of amides is 2. The summed E-state index contributed by atoms with van der Waals surface area (Å²) in [5, 5.41) is 10.9. The molecule has 0 aromatic heterocycles. The van der Waals surface area contributed by atoms with Crippen LogP contribution >= 0.6 is 23.2 Å². The highest BCUT2D eigenvalue weighted by atomic mass is 35.5. The second kappa shape index (κ2) is 11.4. The van der Waals surface area contributed by atoms with E-state index < -0.39 is 12.1 Å². The van der Waals surface area contributed by atoms with Gasteiger partial charge in [0.15, 0.2) is 0 Å². The van der Waals surface area contributed by atoms with Crippen molar-refractivity contribution in [3.8, 4) is 0 Å². The summed E-state index contributed by atoms with van der Waals surface area (Å²) >= 11 is 11.9. The molecule has 0 spiro atoms. The molecule has 1 aliphatic heterocycles. The van der Waals surface area contributed by atoms with Crippen molar-refractivity contribution >= 4 is 40.9 Å². The van der Waals surface area contributed by atoms with E-state index in [1.165, 1.54) is 5.56 Å². The number of hydrogen-bond donors (Lipinski definition) is 3. The zero-order valence-electron chi connectivity index (χ0n) is 16.8. The molecule has 0 aliphatic carbocycles. The van der Waals surface area contributed by atoms with Crippen LogP contribution in [0.1, 0.15) is 29.9 Å². The lowest BCUT2D eigenvalue weighted by Gasteiger charge is -2.32. The van der Waals surface area contributed by atoms with E-state index in [0.29, 0.717) is 28.2 Å². The van der Waals surface area contributed by atoms with Crippen molar-refractivity contribution < 1.29 is 27.9 Å². The Morgan fingerprint density at radius 2 is 1.72 bits per heavy atom. The van der Waals surface area contributed by atoms with Crippen LogP contribution in [0.25, 0.3) is 0 Å². The maximum absolute atomic E-state index is 12.4. The van der Waals surface area contributed by atoms with Crippen LogP contribution in [0, 0.1) is 0 Å². The smallest absolute Gasteiger partial charge is 0.475 e. The Labute approximate surface area is 193 Å². The lowest BCUT2D eigenvalue weighted by Crippen LogP contribution is -2.40. The molecule has 1 fully saturated rings. The number of nitrogens with two attached hydrogens (primary N) is 1. The van der Waals surface area contributed by atoms with Crippen LogP contribution < -0.4 is 11.1 Å². The lowest BCUT2D eigenvalue weighted by atomic mass is 9.88. The van der Waals surface area contributed by atoms with Crippen molar-refractivity contribution in [2.45, 2.75) is 31.5 Å². The fourth-order valence-corrected chi connectivity index (χ4v) is 3.46. The van der Waals surface area contributed by atoms with Gasteiger partial charge in [-0.1, -0.05) is 47.5 Å². The summed E-state index contributed by atoms with van der Waals surface area (Å²) in [6.07, 6.45) is -3.19. The van der Waals surface area contributed by atoms with Gasteiger partial charge in [0.2, 0.25) is 0 Å². The van der Waals surface area contributed by atoms with E-state index in [4.69, 9.17) is 38.8 Å². The fraction of sp³-hybridized carbons (Fsp3) is 0.333. The number of hydrogen-bond acceptors (Lipinski definition) is 3. The SMILES string of the molecule is NCc1cccc(C2CCN(C(=O)Nc3ccc(Cl)c(Cl)c3)CC2)c1.O=C(O)C(F)(F)F. The number of urea groups is 1. The van der Waals surface area contributed by atoms with Gasteiger partial charge in [-0.2, -0.15) is 13.2 Å². The van der Waals surface area contributed by atoms with E-state index in [2.05, 4.69) is 23.5 Å². The van der Waals surface area contributed by atoms with E-state index >= 15 is 0 Å². The molecule has 174 valence electrons. The van der Waals surface area contributed by atoms with Gasteiger partial charge in [0.05, 0.1) is 10.0 Å². The van der Waals surface area contributed by atoms with Gasteiger partial charge in [0.1, 0.15) is 0 Å². The summed E-state index contributed by atoms with van der Waals surface area (Å²) in [5.74, 6) is -2.28. The Hall–Kier alpha value is -2.49. The minimum Gasteiger partial charge on any atom is -0.475 e. The molecule has 0 atom stereocenters. The number of nitrogens with zero attached hydrogens (tertiary/aromatic N) is 1. The summed E-state index contributed by atoms with van der Waals surface area (Å²) in [6, 6.07) is 13.4. The zero-order valence-corrected chi connectivity index (χ0v) is 18.3. The number of piperidine rings is 1. The Morgan fingerprint density at radius 3 is 2.25 bits per heavy atom. The number of nitrogens with one attached hydrogen (secondary N) is 1. The molecule has 0 saturated carbocycles. The predicted octanol–water partition coefficient (Wildman–Crippen LogP) is 5.50. The molecule has 0 bridgehead atoms. The third-order valence-electron chi connectivity index (χ3n) is 4.85. The van der Waals surface area contributed by atoms with Crippen molar-refractivity contribution in [1.29, 1.82) is 0 Å². The van der Waals surface area contributed by atoms with Crippen molar-refractivity contribution in [2.24, 2.45) is 5.73 Å². The second-order valence-electron chi connectivity index (χ2n) is 7.07. The van der Waals surface area contributed by atoms with E-state index in [0.717, 1.165) is 31.5 Å². The van der Waals surface area contributed by atoms with Crippen molar-refractivity contribution in [3.63, 3.8) is 0 Å². The predicted molar refractivity (Wildman–Crippen MR) is 117 cm³/mol. The molecule has 2 aromatic carbocycles. The number of carbonyl (C=O) groups is 2. The third kappa shape index (κ3) is 7.58. The van der Waals surface area contributed by atoms with E-state index in [-0.39, 0.29) is 6.03 Å². The number of anilines is 1. The number of benzene rings is 2. The van der Waals surface area contributed by atoms with Crippen LogP contribution in [-0.2, 0) is 11.3 Å². The maximum Gasteiger partial charge on any atom is 0.490 e. The summed E-state index contributed by atoms with van der Waals surface area (Å²) in [5.41, 5.74) is 8.84. The number of carbonyl (C=O) groups excluding carboxylic acids is 1. The van der Waals surface area contributed by atoms with Gasteiger partial charge in [-0.25, -0.2) is 9.59 Å². The molecule has 32 heavy (non-hydrogen) atoms. The molecule has 2 amide bonds. The molecule has 4 N–H and O–H groups in total. The van der Waals surface area contributed by atoms with Gasteiger partial charge >= 0.3 is 18.2 Å². The zero-order chi connectivity index (χ0) is 23.9. The number of carboxylic acid groups (broad SMARTS) is 1. The lowest BCUT2D eigenvalue weighted by molar-refractivity contribution is -0.192. The minimum atomic E-state index is -5.08. The molecule has 0 unspecified atom stereocenters. The summed E-state index contributed by atoms with van der Waals surface area (Å²) < 4.78 is 31.7. The van der Waals surface area contributed by atoms with Gasteiger partial charge in [-0.15, -0.1) is 0 Å². The van der Waals surface area contributed by atoms with Crippen LogP contribution in [0.3, 0.4) is 0 Å². The normalized spacial score (nSPS) is 14.4. The van der Waals surface area contributed by atoms with E-state index in [9.17, 15) is 18.0 Å². The Morgan fingerprint density at radius 1 is 1.09 bits per heavy atom. The van der Waals surface area contributed by atoms with Crippen molar-refractivity contribution in [3.05, 3.63) is 63.6 Å². The van der Waals surface area contributed by atoms with Crippen LogP contribution in [0.5, 0.6) is 0 Å². The van der Waals surface area contributed by atoms with Crippen LogP contribution in [0.4, 0.5) is 23.7 Å². The molecule has 0 radical (unpaired) electrons. The van der Waals surface area contributed by atoms with Gasteiger partial charge in [0, 0.05) is 25.3 Å². The van der Waals surface area contributed by atoms with E-state index in [1.54, 1.807) is 18.2 Å². The number of halogens is 5. The Balaban J connectivity index is 0.000000451. The highest BCUT2D eigenvalue weighted by molar-refractivity contribution is 6.42. The first-order valence-electron chi connectivity index (χ1n) is 9.61. The Bertz CT molecular complexity index is 949. The molecular formula is C21H22Cl2F3N3O3. The monoisotopic (exact) mass is 491 g/mol. The summed E-state index contributed by atoms with van der Waals surface area (Å²) in [4.78, 5) is 23.2. The third-order valence-corrected chi connectivity index (χ3v) is 5.59. The quantitative estimate of drug-likeness (QED) is 0.528. The van der Waals surface area contributed by atoms with Gasteiger partial charge in [-0.3, -0.25) is 0 Å². The first kappa shape index (κ1) is 25.8. The molecule has 2 aromatic rings. The second-order valence-corrected chi connectivity index (χ2v) is 7.89. The summed E-state index contributed by atoms with van der Waals surface area (Å²) in [7, 11) is 0. The number of alkyl halides is 3. The minimum absolute atomic E-state index is 0.104. The van der Waals surface area contributed by atoms with Crippen LogP contribution in [-0.4, -0.2) is 41.3 Å². The molecule has 1 heterocycles. The average molecular weight is 492 g/mol. The highest BCUT2D eigenvalue weighted by Crippen LogP contribution is 2.29. The first-order valence-corrected chi connectivity index (χ1v) is 10.4. The molecule has 3 rings (SSSR count). The van der Waals surface area contributed by atoms with Crippen molar-refractivity contribution in [2.75, 3.05) is 18.4 Å². The molecule has 11 heteroatoms. The maximum atomic E-state index is 12.4. The number of aliphatic carboxylic acids is 1. The van der Waals surface area contributed by atoms with Crippen LogP contribution in [0.15, 0.2) is 42.5 Å². The first-order chi connectivity index (χ1) is 15.0. The topological polar surface area (TPSA) is 95.7 Å². The Kier molecular flexibility index (Phi) is 9.18. The van der Waals surface area contributed by atoms with Gasteiger partial charge in [0.25, 0.3) is 0 Å². The average Bonchev–Trinajstić information content (AvgIpc) is 2.76.